The molecule has 19 heavy (non-hydrogen) atoms. The number of thiophene rings is 1. The molecule has 0 bridgehead atoms. The monoisotopic (exact) mass is 293 g/mol. The quantitative estimate of drug-likeness (QED) is 0.925. The van der Waals surface area contributed by atoms with Gasteiger partial charge in [0.15, 0.2) is 0 Å². The van der Waals surface area contributed by atoms with Gasteiger partial charge in [-0.1, -0.05) is 11.6 Å². The Morgan fingerprint density at radius 1 is 1.32 bits per heavy atom. The number of nitrogens with one attached hydrogen (secondary N) is 1. The maximum atomic E-state index is 6.25. The highest BCUT2D eigenvalue weighted by molar-refractivity contribution is 7.08. The fourth-order valence-electron chi connectivity index (χ4n) is 2.66. The van der Waals surface area contributed by atoms with Gasteiger partial charge < -0.3 is 10.1 Å². The van der Waals surface area contributed by atoms with Gasteiger partial charge in [-0.2, -0.15) is 11.3 Å². The number of aryl methyl sites for hydroxylation is 1. The number of hydrogen-bond acceptors (Lipinski definition) is 3. The van der Waals surface area contributed by atoms with Gasteiger partial charge in [-0.05, 0) is 53.6 Å². The van der Waals surface area contributed by atoms with Crippen LogP contribution < -0.4 is 10.1 Å². The Labute approximate surface area is 122 Å². The summed E-state index contributed by atoms with van der Waals surface area (Å²) in [6.07, 6.45) is 0.946. The highest BCUT2D eigenvalue weighted by Crippen LogP contribution is 2.39. The minimum atomic E-state index is 0.136. The number of ether oxygens (including phenoxy) is 1. The first-order valence-corrected chi connectivity index (χ1v) is 7.68. The van der Waals surface area contributed by atoms with Crippen LogP contribution >= 0.6 is 22.9 Å². The van der Waals surface area contributed by atoms with E-state index < -0.39 is 0 Å². The maximum Gasteiger partial charge on any atom is 0.127 e. The van der Waals surface area contributed by atoms with Crippen molar-refractivity contribution >= 4 is 22.9 Å². The normalized spacial score (nSPS) is 15.1. The van der Waals surface area contributed by atoms with E-state index in [-0.39, 0.29) is 6.04 Å². The lowest BCUT2D eigenvalue weighted by atomic mass is 9.96. The maximum absolute atomic E-state index is 6.25. The largest absolute Gasteiger partial charge is 0.493 e. The average molecular weight is 294 g/mol. The Morgan fingerprint density at radius 3 is 2.84 bits per heavy atom. The molecule has 0 aliphatic carbocycles. The number of rotatable bonds is 3. The van der Waals surface area contributed by atoms with Crippen LogP contribution in [0, 0.1) is 6.92 Å². The molecule has 0 fully saturated rings. The van der Waals surface area contributed by atoms with Crippen LogP contribution in [0.2, 0.25) is 5.02 Å². The van der Waals surface area contributed by atoms with Gasteiger partial charge in [-0.3, -0.25) is 0 Å². The van der Waals surface area contributed by atoms with E-state index in [0.717, 1.165) is 29.4 Å². The molecule has 1 unspecified atom stereocenters. The third kappa shape index (κ3) is 2.27. The summed E-state index contributed by atoms with van der Waals surface area (Å²) in [5.41, 5.74) is 4.96. The predicted molar refractivity (Wildman–Crippen MR) is 80.6 cm³/mol. The lowest BCUT2D eigenvalue weighted by Crippen LogP contribution is -2.18. The number of fused-ring (bicyclic) bond motifs is 1. The second-order valence-electron chi connectivity index (χ2n) is 4.81. The zero-order chi connectivity index (χ0) is 13.4. The van der Waals surface area contributed by atoms with Gasteiger partial charge in [0.25, 0.3) is 0 Å². The molecule has 1 N–H and O–H groups in total. The van der Waals surface area contributed by atoms with Crippen LogP contribution in [0.1, 0.15) is 28.3 Å². The highest BCUT2D eigenvalue weighted by atomic mass is 35.5. The highest BCUT2D eigenvalue weighted by Gasteiger charge is 2.24. The van der Waals surface area contributed by atoms with Crippen molar-refractivity contribution in [1.29, 1.82) is 0 Å². The van der Waals surface area contributed by atoms with Crippen molar-refractivity contribution in [3.05, 3.63) is 50.2 Å². The molecule has 3 rings (SSSR count). The number of halogens is 1. The first-order chi connectivity index (χ1) is 9.20. The van der Waals surface area contributed by atoms with E-state index in [1.807, 2.05) is 19.2 Å². The van der Waals surface area contributed by atoms with E-state index in [4.69, 9.17) is 16.3 Å². The molecule has 2 aromatic rings. The Kier molecular flexibility index (Phi) is 3.52. The van der Waals surface area contributed by atoms with Crippen molar-refractivity contribution in [1.82, 2.24) is 5.32 Å². The van der Waals surface area contributed by atoms with Crippen LogP contribution in [0.4, 0.5) is 0 Å². The molecule has 1 aromatic heterocycles. The smallest absolute Gasteiger partial charge is 0.127 e. The van der Waals surface area contributed by atoms with Crippen LogP contribution in [0.25, 0.3) is 0 Å². The molecule has 0 amide bonds. The standard InChI is InChI=1S/C15H16ClNOS/c1-9-7-19-8-13(9)14(17-2)12-6-11(16)5-10-3-4-18-15(10)12/h5-8,14,17H,3-4H2,1-2H3. The molecule has 1 aliphatic heterocycles. The van der Waals surface area contributed by atoms with Gasteiger partial charge in [-0.15, -0.1) is 0 Å². The van der Waals surface area contributed by atoms with Crippen LogP contribution in [0.15, 0.2) is 22.9 Å². The average Bonchev–Trinajstić information content (AvgIpc) is 2.99. The fourth-order valence-corrected chi connectivity index (χ4v) is 3.78. The molecule has 0 saturated heterocycles. The SMILES string of the molecule is CNC(c1cscc1C)c1cc(Cl)cc2c1OCC2. The van der Waals surface area contributed by atoms with Crippen molar-refractivity contribution in [2.24, 2.45) is 0 Å². The third-order valence-electron chi connectivity index (χ3n) is 3.58. The van der Waals surface area contributed by atoms with Gasteiger partial charge in [0.2, 0.25) is 0 Å². The molecular weight excluding hydrogens is 278 g/mol. The van der Waals surface area contributed by atoms with Gasteiger partial charge in [0.05, 0.1) is 12.6 Å². The topological polar surface area (TPSA) is 21.3 Å². The molecule has 2 heterocycles. The van der Waals surface area contributed by atoms with Crippen LogP contribution in [0.5, 0.6) is 5.75 Å². The summed E-state index contributed by atoms with van der Waals surface area (Å²) >= 11 is 7.98. The Hall–Kier alpha value is -1.03. The third-order valence-corrected chi connectivity index (χ3v) is 4.68. The van der Waals surface area contributed by atoms with Gasteiger partial charge in [0, 0.05) is 17.0 Å². The van der Waals surface area contributed by atoms with Crippen LogP contribution in [-0.2, 0) is 6.42 Å². The van der Waals surface area contributed by atoms with Gasteiger partial charge in [0.1, 0.15) is 5.75 Å². The Bertz CT molecular complexity index is 608. The van der Waals surface area contributed by atoms with E-state index in [1.165, 1.54) is 16.7 Å². The lowest BCUT2D eigenvalue weighted by Gasteiger charge is -2.20. The van der Waals surface area contributed by atoms with Crippen molar-refractivity contribution in [3.63, 3.8) is 0 Å². The summed E-state index contributed by atoms with van der Waals surface area (Å²) in [5, 5.41) is 8.54. The molecule has 0 saturated carbocycles. The van der Waals surface area contributed by atoms with E-state index in [2.05, 4.69) is 23.0 Å². The van der Waals surface area contributed by atoms with Crippen molar-refractivity contribution in [3.8, 4) is 5.75 Å². The van der Waals surface area contributed by atoms with E-state index in [9.17, 15) is 0 Å². The zero-order valence-corrected chi connectivity index (χ0v) is 12.6. The molecule has 2 nitrogen and oxygen atoms in total. The summed E-state index contributed by atoms with van der Waals surface area (Å²) in [6.45, 7) is 2.89. The molecule has 1 aliphatic rings. The van der Waals surface area contributed by atoms with Gasteiger partial charge in [-0.25, -0.2) is 0 Å². The molecule has 0 spiro atoms. The lowest BCUT2D eigenvalue weighted by molar-refractivity contribution is 0.351. The van der Waals surface area contributed by atoms with E-state index in [0.29, 0.717) is 0 Å². The summed E-state index contributed by atoms with van der Waals surface area (Å²) in [5.74, 6) is 1.01. The van der Waals surface area contributed by atoms with Crippen LogP contribution in [-0.4, -0.2) is 13.7 Å². The molecule has 100 valence electrons. The van der Waals surface area contributed by atoms with Gasteiger partial charge >= 0.3 is 0 Å². The summed E-state index contributed by atoms with van der Waals surface area (Å²) in [4.78, 5) is 0. The van der Waals surface area contributed by atoms with Crippen LogP contribution in [0.3, 0.4) is 0 Å². The summed E-state index contributed by atoms with van der Waals surface area (Å²) in [7, 11) is 1.98. The van der Waals surface area contributed by atoms with Crippen molar-refractivity contribution in [2.75, 3.05) is 13.7 Å². The number of benzene rings is 1. The molecule has 1 atom stereocenters. The van der Waals surface area contributed by atoms with E-state index >= 15 is 0 Å². The minimum Gasteiger partial charge on any atom is -0.493 e. The summed E-state index contributed by atoms with van der Waals surface area (Å²) in [6, 6.07) is 4.17. The van der Waals surface area contributed by atoms with E-state index in [1.54, 1.807) is 11.3 Å². The first kappa shape index (κ1) is 13.0. The number of hydrogen-bond donors (Lipinski definition) is 1. The Morgan fingerprint density at radius 2 is 2.16 bits per heavy atom. The second kappa shape index (κ2) is 5.16. The second-order valence-corrected chi connectivity index (χ2v) is 5.99. The predicted octanol–water partition coefficient (Wildman–Crippen LogP) is 3.95. The molecule has 0 radical (unpaired) electrons. The zero-order valence-electron chi connectivity index (χ0n) is 11.0. The molecule has 4 heteroatoms. The fraction of sp³-hybridized carbons (Fsp3) is 0.333. The Balaban J connectivity index is 2.12. The minimum absolute atomic E-state index is 0.136. The first-order valence-electron chi connectivity index (χ1n) is 6.35. The van der Waals surface area contributed by atoms with Crippen molar-refractivity contribution < 1.29 is 4.74 Å². The molecule has 1 aromatic carbocycles. The molecular formula is C15H16ClNOS. The van der Waals surface area contributed by atoms with Crippen molar-refractivity contribution in [2.45, 2.75) is 19.4 Å². The summed E-state index contributed by atoms with van der Waals surface area (Å²) < 4.78 is 5.81.